The molecule has 0 aliphatic rings. The number of benzene rings is 2. The fourth-order valence-electron chi connectivity index (χ4n) is 2.10. The number of halogens is 4. The molecule has 0 aromatic heterocycles. The van der Waals surface area contributed by atoms with Crippen LogP contribution in [-0.2, 0) is 15.7 Å². The highest BCUT2D eigenvalue weighted by atomic mass is 35.5. The first-order valence-corrected chi connectivity index (χ1v) is 8.02. The lowest BCUT2D eigenvalue weighted by Gasteiger charge is -2.15. The minimum atomic E-state index is -4.47. The maximum atomic E-state index is 12.5. The van der Waals surface area contributed by atoms with Crippen LogP contribution in [0.2, 0.25) is 5.02 Å². The summed E-state index contributed by atoms with van der Waals surface area (Å²) in [6.45, 7) is 1.33. The normalized spacial score (nSPS) is 12.2. The molecule has 0 radical (unpaired) electrons. The van der Waals surface area contributed by atoms with Gasteiger partial charge in [0.15, 0.2) is 6.10 Å². The largest absolute Gasteiger partial charge is 0.496 e. The van der Waals surface area contributed by atoms with Crippen LogP contribution in [-0.4, -0.2) is 25.1 Å². The summed E-state index contributed by atoms with van der Waals surface area (Å²) in [7, 11) is 1.36. The van der Waals surface area contributed by atoms with Gasteiger partial charge in [-0.05, 0) is 49.4 Å². The summed E-state index contributed by atoms with van der Waals surface area (Å²) in [4.78, 5) is 24.3. The van der Waals surface area contributed by atoms with E-state index in [4.69, 9.17) is 21.1 Å². The average molecular weight is 402 g/mol. The molecule has 2 aromatic rings. The Morgan fingerprint density at radius 2 is 1.74 bits per heavy atom. The summed E-state index contributed by atoms with van der Waals surface area (Å²) in [5.41, 5.74) is -0.663. The van der Waals surface area contributed by atoms with Gasteiger partial charge in [-0.1, -0.05) is 11.6 Å². The SMILES string of the molecule is COc1ccc(Cl)cc1C(=O)O[C@H](C)C(=O)Nc1ccc(C(F)(F)F)cc1. The lowest BCUT2D eigenvalue weighted by Crippen LogP contribution is -2.30. The van der Waals surface area contributed by atoms with Crippen molar-refractivity contribution < 1.29 is 32.2 Å². The Kier molecular flexibility index (Phi) is 6.32. The van der Waals surface area contributed by atoms with Crippen molar-refractivity contribution in [2.45, 2.75) is 19.2 Å². The van der Waals surface area contributed by atoms with E-state index in [1.54, 1.807) is 0 Å². The van der Waals surface area contributed by atoms with Crippen LogP contribution in [0.25, 0.3) is 0 Å². The van der Waals surface area contributed by atoms with E-state index in [-0.39, 0.29) is 22.0 Å². The highest BCUT2D eigenvalue weighted by Gasteiger charge is 2.30. The minimum Gasteiger partial charge on any atom is -0.496 e. The van der Waals surface area contributed by atoms with Gasteiger partial charge in [0.1, 0.15) is 11.3 Å². The second kappa shape index (κ2) is 8.30. The summed E-state index contributed by atoms with van der Waals surface area (Å²) in [5.74, 6) is -1.31. The van der Waals surface area contributed by atoms with Gasteiger partial charge in [-0.3, -0.25) is 4.79 Å². The molecule has 0 saturated carbocycles. The van der Waals surface area contributed by atoms with Crippen LogP contribution >= 0.6 is 11.6 Å². The fraction of sp³-hybridized carbons (Fsp3) is 0.222. The van der Waals surface area contributed by atoms with Crippen molar-refractivity contribution in [1.29, 1.82) is 0 Å². The molecular weight excluding hydrogens is 387 g/mol. The molecule has 9 heteroatoms. The Labute approximate surface area is 158 Å². The third-order valence-electron chi connectivity index (χ3n) is 3.51. The molecule has 0 heterocycles. The smallest absolute Gasteiger partial charge is 0.416 e. The average Bonchev–Trinajstić information content (AvgIpc) is 2.61. The van der Waals surface area contributed by atoms with Crippen LogP contribution in [0.1, 0.15) is 22.8 Å². The van der Waals surface area contributed by atoms with Crippen molar-refractivity contribution >= 4 is 29.2 Å². The molecule has 1 amide bonds. The van der Waals surface area contributed by atoms with Crippen molar-refractivity contribution in [3.05, 3.63) is 58.6 Å². The maximum absolute atomic E-state index is 12.5. The summed E-state index contributed by atoms with van der Waals surface area (Å²) in [5, 5.41) is 2.66. The van der Waals surface area contributed by atoms with E-state index < -0.39 is 29.7 Å². The predicted octanol–water partition coefficient (Wildman–Crippen LogP) is 4.55. The van der Waals surface area contributed by atoms with Gasteiger partial charge in [-0.2, -0.15) is 13.2 Å². The number of ether oxygens (including phenoxy) is 2. The lowest BCUT2D eigenvalue weighted by molar-refractivity contribution is -0.137. The lowest BCUT2D eigenvalue weighted by atomic mass is 10.2. The van der Waals surface area contributed by atoms with E-state index in [1.165, 1.54) is 32.2 Å². The van der Waals surface area contributed by atoms with E-state index in [0.717, 1.165) is 24.3 Å². The third kappa shape index (κ3) is 5.37. The van der Waals surface area contributed by atoms with Crippen LogP contribution in [0, 0.1) is 0 Å². The summed E-state index contributed by atoms with van der Waals surface area (Å²) >= 11 is 5.85. The monoisotopic (exact) mass is 401 g/mol. The summed E-state index contributed by atoms with van der Waals surface area (Å²) in [6, 6.07) is 8.23. The molecule has 0 bridgehead atoms. The molecule has 144 valence electrons. The highest BCUT2D eigenvalue weighted by molar-refractivity contribution is 6.31. The molecule has 0 aliphatic carbocycles. The summed E-state index contributed by atoms with van der Waals surface area (Å²) < 4.78 is 47.7. The van der Waals surface area contributed by atoms with Gasteiger partial charge in [-0.15, -0.1) is 0 Å². The van der Waals surface area contributed by atoms with Gasteiger partial charge >= 0.3 is 12.1 Å². The Morgan fingerprint density at radius 3 is 2.30 bits per heavy atom. The van der Waals surface area contributed by atoms with E-state index in [0.29, 0.717) is 0 Å². The molecule has 1 atom stereocenters. The van der Waals surface area contributed by atoms with E-state index in [1.807, 2.05) is 0 Å². The zero-order valence-electron chi connectivity index (χ0n) is 14.3. The van der Waals surface area contributed by atoms with Crippen molar-refractivity contribution in [2.75, 3.05) is 12.4 Å². The van der Waals surface area contributed by atoms with E-state index >= 15 is 0 Å². The number of carbonyl (C=O) groups excluding carboxylic acids is 2. The Balaban J connectivity index is 2.03. The second-order valence-electron chi connectivity index (χ2n) is 5.46. The number of methoxy groups -OCH3 is 1. The van der Waals surface area contributed by atoms with Gasteiger partial charge in [-0.25, -0.2) is 4.79 Å². The summed E-state index contributed by atoms with van der Waals surface area (Å²) in [6.07, 6.45) is -5.68. The van der Waals surface area contributed by atoms with Crippen LogP contribution < -0.4 is 10.1 Å². The van der Waals surface area contributed by atoms with Crippen molar-refractivity contribution in [3.63, 3.8) is 0 Å². The van der Waals surface area contributed by atoms with Gasteiger partial charge in [0.05, 0.1) is 12.7 Å². The number of hydrogen-bond donors (Lipinski definition) is 1. The number of nitrogens with one attached hydrogen (secondary N) is 1. The zero-order valence-corrected chi connectivity index (χ0v) is 15.0. The Hall–Kier alpha value is -2.74. The maximum Gasteiger partial charge on any atom is 0.416 e. The van der Waals surface area contributed by atoms with E-state index in [2.05, 4.69) is 5.32 Å². The standard InChI is InChI=1S/C18H15ClF3NO4/c1-10(27-17(25)14-9-12(19)5-8-15(14)26-2)16(24)23-13-6-3-11(4-7-13)18(20,21)22/h3-10H,1-2H3,(H,23,24)/t10-/m1/s1. The molecule has 0 fully saturated rings. The Morgan fingerprint density at radius 1 is 1.11 bits per heavy atom. The topological polar surface area (TPSA) is 64.6 Å². The second-order valence-corrected chi connectivity index (χ2v) is 5.89. The minimum absolute atomic E-state index is 0.0409. The molecule has 1 N–H and O–H groups in total. The van der Waals surface area contributed by atoms with Crippen LogP contribution in [0.3, 0.4) is 0 Å². The van der Waals surface area contributed by atoms with Crippen molar-refractivity contribution in [1.82, 2.24) is 0 Å². The number of hydrogen-bond acceptors (Lipinski definition) is 4. The van der Waals surface area contributed by atoms with Crippen LogP contribution in [0.15, 0.2) is 42.5 Å². The fourth-order valence-corrected chi connectivity index (χ4v) is 2.28. The van der Waals surface area contributed by atoms with Crippen LogP contribution in [0.4, 0.5) is 18.9 Å². The molecule has 5 nitrogen and oxygen atoms in total. The van der Waals surface area contributed by atoms with Gasteiger partial charge in [0.25, 0.3) is 5.91 Å². The number of anilines is 1. The number of alkyl halides is 3. The first kappa shape index (κ1) is 20.6. The number of rotatable bonds is 5. The molecule has 0 aliphatic heterocycles. The van der Waals surface area contributed by atoms with Crippen molar-refractivity contribution in [3.8, 4) is 5.75 Å². The molecular formula is C18H15ClF3NO4. The van der Waals surface area contributed by atoms with E-state index in [9.17, 15) is 22.8 Å². The first-order chi connectivity index (χ1) is 12.6. The zero-order chi connectivity index (χ0) is 20.2. The number of amides is 1. The number of esters is 1. The molecule has 27 heavy (non-hydrogen) atoms. The van der Waals surface area contributed by atoms with Gasteiger partial charge < -0.3 is 14.8 Å². The van der Waals surface area contributed by atoms with Crippen molar-refractivity contribution in [2.24, 2.45) is 0 Å². The quantitative estimate of drug-likeness (QED) is 0.746. The van der Waals surface area contributed by atoms with Gasteiger partial charge in [0, 0.05) is 10.7 Å². The highest BCUT2D eigenvalue weighted by Crippen LogP contribution is 2.30. The predicted molar refractivity (Wildman–Crippen MR) is 93.0 cm³/mol. The molecule has 2 rings (SSSR count). The Bertz CT molecular complexity index is 837. The molecule has 0 unspecified atom stereocenters. The number of carbonyl (C=O) groups is 2. The first-order valence-electron chi connectivity index (χ1n) is 7.64. The molecule has 0 saturated heterocycles. The molecule has 2 aromatic carbocycles. The van der Waals surface area contributed by atoms with Gasteiger partial charge in [0.2, 0.25) is 0 Å². The molecule has 0 spiro atoms. The third-order valence-corrected chi connectivity index (χ3v) is 3.75. The van der Waals surface area contributed by atoms with Crippen LogP contribution in [0.5, 0.6) is 5.75 Å².